The zero-order valence-corrected chi connectivity index (χ0v) is 21.2. The summed E-state index contributed by atoms with van der Waals surface area (Å²) in [4.78, 5) is 13.0. The van der Waals surface area contributed by atoms with Gasteiger partial charge in [-0.05, 0) is 68.1 Å². The second-order valence-corrected chi connectivity index (χ2v) is 11.5. The smallest absolute Gasteiger partial charge is 0.422 e. The number of ether oxygens (including phenoxy) is 1. The molecule has 3 aliphatic rings. The summed E-state index contributed by atoms with van der Waals surface area (Å²) >= 11 is 0. The third-order valence-corrected chi connectivity index (χ3v) is 9.28. The van der Waals surface area contributed by atoms with Crippen molar-refractivity contribution in [2.45, 2.75) is 103 Å². The van der Waals surface area contributed by atoms with E-state index >= 15 is 0 Å². The Labute approximate surface area is 211 Å². The SMILES string of the molecule is CCCCCC1CCC(C2CCC3C(CCCC3C(=O)Oc3cc(F)c(C(F)(F)F)c(F)c3)C2)CC1. The number of benzene rings is 1. The highest BCUT2D eigenvalue weighted by Gasteiger charge is 2.44. The lowest BCUT2D eigenvalue weighted by Gasteiger charge is -2.46. The van der Waals surface area contributed by atoms with Crippen LogP contribution in [0.4, 0.5) is 22.0 Å². The molecule has 1 aromatic rings. The predicted molar refractivity (Wildman–Crippen MR) is 128 cm³/mol. The highest BCUT2D eigenvalue weighted by Crippen LogP contribution is 2.50. The first-order chi connectivity index (χ1) is 17.2. The number of alkyl halides is 3. The van der Waals surface area contributed by atoms with Crippen molar-refractivity contribution < 1.29 is 31.5 Å². The first kappa shape index (κ1) is 27.4. The molecule has 0 bridgehead atoms. The molecule has 0 heterocycles. The third-order valence-electron chi connectivity index (χ3n) is 9.28. The molecule has 3 fully saturated rings. The molecule has 0 amide bonds. The molecule has 0 aromatic heterocycles. The van der Waals surface area contributed by atoms with Gasteiger partial charge >= 0.3 is 12.1 Å². The van der Waals surface area contributed by atoms with Gasteiger partial charge in [0, 0.05) is 12.1 Å². The summed E-state index contributed by atoms with van der Waals surface area (Å²) in [6.45, 7) is 2.25. The zero-order chi connectivity index (χ0) is 25.9. The molecule has 4 atom stereocenters. The maximum Gasteiger partial charge on any atom is 0.422 e. The van der Waals surface area contributed by atoms with Crippen molar-refractivity contribution in [1.29, 1.82) is 0 Å². The predicted octanol–water partition coefficient (Wildman–Crippen LogP) is 9.11. The second kappa shape index (κ2) is 11.8. The van der Waals surface area contributed by atoms with Crippen LogP contribution in [-0.2, 0) is 11.0 Å². The minimum Gasteiger partial charge on any atom is -0.426 e. The monoisotopic (exact) mass is 514 g/mol. The number of hydrogen-bond acceptors (Lipinski definition) is 2. The molecule has 0 spiro atoms. The van der Waals surface area contributed by atoms with E-state index in [4.69, 9.17) is 4.74 Å². The van der Waals surface area contributed by atoms with Gasteiger partial charge in [-0.1, -0.05) is 58.3 Å². The molecule has 36 heavy (non-hydrogen) atoms. The van der Waals surface area contributed by atoms with Crippen LogP contribution < -0.4 is 4.74 Å². The van der Waals surface area contributed by atoms with Gasteiger partial charge in [0.1, 0.15) is 22.9 Å². The van der Waals surface area contributed by atoms with Crippen LogP contribution in [0.15, 0.2) is 12.1 Å². The summed E-state index contributed by atoms with van der Waals surface area (Å²) in [5.41, 5.74) is -1.96. The zero-order valence-electron chi connectivity index (χ0n) is 21.2. The van der Waals surface area contributed by atoms with Crippen molar-refractivity contribution in [3.8, 4) is 5.75 Å². The van der Waals surface area contributed by atoms with Crippen LogP contribution in [0.2, 0.25) is 0 Å². The van der Waals surface area contributed by atoms with E-state index in [0.29, 0.717) is 30.4 Å². The van der Waals surface area contributed by atoms with Crippen LogP contribution in [0.5, 0.6) is 5.75 Å². The maximum absolute atomic E-state index is 13.9. The van der Waals surface area contributed by atoms with Gasteiger partial charge in [0.2, 0.25) is 0 Å². The number of carbonyl (C=O) groups excluding carboxylic acids is 1. The van der Waals surface area contributed by atoms with Crippen LogP contribution >= 0.6 is 0 Å². The Morgan fingerprint density at radius 3 is 2.19 bits per heavy atom. The second-order valence-electron chi connectivity index (χ2n) is 11.5. The molecule has 0 saturated heterocycles. The fraction of sp³-hybridized carbons (Fsp3) is 0.759. The fourth-order valence-corrected chi connectivity index (χ4v) is 7.42. The maximum atomic E-state index is 13.9. The molecule has 4 unspecified atom stereocenters. The van der Waals surface area contributed by atoms with Crippen LogP contribution in [0.3, 0.4) is 0 Å². The molecule has 1 aromatic carbocycles. The molecular formula is C29H39F5O2. The van der Waals surface area contributed by atoms with E-state index < -0.39 is 35.1 Å². The van der Waals surface area contributed by atoms with Crippen molar-refractivity contribution in [3.63, 3.8) is 0 Å². The van der Waals surface area contributed by atoms with Crippen molar-refractivity contribution in [1.82, 2.24) is 0 Å². The van der Waals surface area contributed by atoms with Gasteiger partial charge < -0.3 is 4.74 Å². The van der Waals surface area contributed by atoms with E-state index in [-0.39, 0.29) is 11.8 Å². The fourth-order valence-electron chi connectivity index (χ4n) is 7.42. The van der Waals surface area contributed by atoms with E-state index in [9.17, 15) is 26.7 Å². The van der Waals surface area contributed by atoms with Gasteiger partial charge in [0.25, 0.3) is 0 Å². The lowest BCUT2D eigenvalue weighted by atomic mass is 9.59. The Bertz CT molecular complexity index is 867. The summed E-state index contributed by atoms with van der Waals surface area (Å²) in [6, 6.07) is 0.916. The number of carbonyl (C=O) groups is 1. The largest absolute Gasteiger partial charge is 0.426 e. The molecule has 7 heteroatoms. The van der Waals surface area contributed by atoms with E-state index in [1.165, 1.54) is 51.4 Å². The van der Waals surface area contributed by atoms with E-state index in [1.54, 1.807) is 0 Å². The van der Waals surface area contributed by atoms with E-state index in [0.717, 1.165) is 43.9 Å². The molecule has 0 radical (unpaired) electrons. The number of unbranched alkanes of at least 4 members (excludes halogenated alkanes) is 2. The number of fused-ring (bicyclic) bond motifs is 1. The van der Waals surface area contributed by atoms with Gasteiger partial charge in [-0.15, -0.1) is 0 Å². The molecule has 0 N–H and O–H groups in total. The summed E-state index contributed by atoms with van der Waals surface area (Å²) in [6.07, 6.45) is 11.3. The topological polar surface area (TPSA) is 26.3 Å². The normalized spacial score (nSPS) is 31.1. The van der Waals surface area contributed by atoms with Crippen LogP contribution in [0, 0.1) is 47.1 Å². The number of halogens is 5. The van der Waals surface area contributed by atoms with Gasteiger partial charge in [-0.3, -0.25) is 4.79 Å². The van der Waals surface area contributed by atoms with Crippen LogP contribution in [0.25, 0.3) is 0 Å². The average molecular weight is 515 g/mol. The third kappa shape index (κ3) is 6.42. The number of rotatable bonds is 7. The van der Waals surface area contributed by atoms with Crippen molar-refractivity contribution in [2.24, 2.45) is 35.5 Å². The molecule has 0 aliphatic heterocycles. The van der Waals surface area contributed by atoms with Crippen molar-refractivity contribution >= 4 is 5.97 Å². The van der Waals surface area contributed by atoms with Crippen LogP contribution in [-0.4, -0.2) is 5.97 Å². The summed E-state index contributed by atoms with van der Waals surface area (Å²) in [5, 5.41) is 0. The lowest BCUT2D eigenvalue weighted by molar-refractivity contribution is -0.144. The number of esters is 1. The Balaban J connectivity index is 1.32. The molecular weight excluding hydrogens is 475 g/mol. The summed E-state index contributed by atoms with van der Waals surface area (Å²) in [5.74, 6) is -2.00. The first-order valence-corrected chi connectivity index (χ1v) is 13.9. The Morgan fingerprint density at radius 1 is 0.889 bits per heavy atom. The minimum atomic E-state index is -5.15. The van der Waals surface area contributed by atoms with Gasteiger partial charge in [-0.2, -0.15) is 13.2 Å². The van der Waals surface area contributed by atoms with Gasteiger partial charge in [0.05, 0.1) is 5.92 Å². The minimum absolute atomic E-state index is 0.178. The quantitative estimate of drug-likeness (QED) is 0.157. The number of hydrogen-bond donors (Lipinski definition) is 0. The van der Waals surface area contributed by atoms with E-state index in [1.807, 2.05) is 0 Å². The molecule has 2 nitrogen and oxygen atoms in total. The Morgan fingerprint density at radius 2 is 1.56 bits per heavy atom. The summed E-state index contributed by atoms with van der Waals surface area (Å²) in [7, 11) is 0. The Hall–Kier alpha value is -1.66. The molecule has 3 aliphatic carbocycles. The molecule has 4 rings (SSSR count). The van der Waals surface area contributed by atoms with Crippen LogP contribution in [0.1, 0.15) is 102 Å². The Kier molecular flexibility index (Phi) is 8.98. The standard InChI is InChI=1S/C29H39F5O2/c1-2-3-4-6-18-9-11-19(12-10-18)20-13-14-23-21(15-20)7-5-8-24(23)28(35)36-22-16-25(30)27(26(31)17-22)29(32,33)34/h16-21,23-24H,2-15H2,1H3. The van der Waals surface area contributed by atoms with Gasteiger partial charge in [0.15, 0.2) is 0 Å². The average Bonchev–Trinajstić information content (AvgIpc) is 2.82. The van der Waals surface area contributed by atoms with Crippen molar-refractivity contribution in [3.05, 3.63) is 29.3 Å². The highest BCUT2D eigenvalue weighted by atomic mass is 19.4. The molecule has 202 valence electrons. The molecule has 3 saturated carbocycles. The van der Waals surface area contributed by atoms with E-state index in [2.05, 4.69) is 6.92 Å². The van der Waals surface area contributed by atoms with Gasteiger partial charge in [-0.25, -0.2) is 8.78 Å². The highest BCUT2D eigenvalue weighted by molar-refractivity contribution is 5.75. The lowest BCUT2D eigenvalue weighted by Crippen LogP contribution is -2.40. The van der Waals surface area contributed by atoms with Crippen molar-refractivity contribution in [2.75, 3.05) is 0 Å². The first-order valence-electron chi connectivity index (χ1n) is 13.9. The summed E-state index contributed by atoms with van der Waals surface area (Å²) < 4.78 is 71.6.